The molecular weight excluding hydrogens is 250 g/mol. The number of hydrogen-bond donors (Lipinski definition) is 1. The van der Waals surface area contributed by atoms with Crippen molar-refractivity contribution in [3.8, 4) is 0 Å². The first-order chi connectivity index (χ1) is 9.74. The molecule has 1 aromatic rings. The second-order valence-corrected chi connectivity index (χ2v) is 6.24. The van der Waals surface area contributed by atoms with E-state index in [-0.39, 0.29) is 0 Å². The molecule has 1 saturated heterocycles. The molecule has 5 nitrogen and oxygen atoms in total. The third-order valence-electron chi connectivity index (χ3n) is 4.39. The molecule has 110 valence electrons. The predicted octanol–water partition coefficient (Wildman–Crippen LogP) is 0.900. The third-order valence-corrected chi connectivity index (χ3v) is 4.39. The highest BCUT2D eigenvalue weighted by molar-refractivity contribution is 5.49. The molecule has 20 heavy (non-hydrogen) atoms. The van der Waals surface area contributed by atoms with Crippen LogP contribution in [0.15, 0.2) is 6.33 Å². The van der Waals surface area contributed by atoms with Gasteiger partial charge in [-0.25, -0.2) is 9.97 Å². The molecule has 1 N–H and O–H groups in total. The SMILES string of the molecule is CN(C)CC1CCN(c2ncnc3c2CNCC3)CC1. The molecule has 0 atom stereocenters. The van der Waals surface area contributed by atoms with Crippen LogP contribution >= 0.6 is 0 Å². The summed E-state index contributed by atoms with van der Waals surface area (Å²) < 4.78 is 0. The van der Waals surface area contributed by atoms with E-state index in [1.165, 1.54) is 36.5 Å². The van der Waals surface area contributed by atoms with Gasteiger partial charge in [0.25, 0.3) is 0 Å². The Labute approximate surface area is 121 Å². The third kappa shape index (κ3) is 2.94. The van der Waals surface area contributed by atoms with E-state index in [0.29, 0.717) is 0 Å². The average molecular weight is 275 g/mol. The Morgan fingerprint density at radius 2 is 2.10 bits per heavy atom. The van der Waals surface area contributed by atoms with Crippen molar-refractivity contribution in [3.05, 3.63) is 17.6 Å². The molecule has 0 aliphatic carbocycles. The lowest BCUT2D eigenvalue weighted by atomic mass is 9.96. The van der Waals surface area contributed by atoms with Crippen LogP contribution < -0.4 is 10.2 Å². The van der Waals surface area contributed by atoms with E-state index in [1.54, 1.807) is 6.33 Å². The van der Waals surface area contributed by atoms with Crippen molar-refractivity contribution in [2.75, 3.05) is 45.2 Å². The number of nitrogens with zero attached hydrogens (tertiary/aromatic N) is 4. The first kappa shape index (κ1) is 13.8. The smallest absolute Gasteiger partial charge is 0.136 e. The molecule has 5 heteroatoms. The molecule has 1 fully saturated rings. The number of anilines is 1. The minimum Gasteiger partial charge on any atom is -0.356 e. The highest BCUT2D eigenvalue weighted by Gasteiger charge is 2.24. The van der Waals surface area contributed by atoms with Crippen LogP contribution in [-0.2, 0) is 13.0 Å². The second kappa shape index (κ2) is 6.06. The number of fused-ring (bicyclic) bond motifs is 1. The maximum absolute atomic E-state index is 4.57. The van der Waals surface area contributed by atoms with Crippen molar-refractivity contribution in [2.24, 2.45) is 5.92 Å². The van der Waals surface area contributed by atoms with Crippen molar-refractivity contribution in [1.82, 2.24) is 20.2 Å². The number of aromatic nitrogens is 2. The van der Waals surface area contributed by atoms with Gasteiger partial charge in [-0.1, -0.05) is 0 Å². The van der Waals surface area contributed by atoms with E-state index in [2.05, 4.69) is 39.2 Å². The number of nitrogens with one attached hydrogen (secondary N) is 1. The van der Waals surface area contributed by atoms with Gasteiger partial charge in [-0.05, 0) is 32.9 Å². The van der Waals surface area contributed by atoms with E-state index >= 15 is 0 Å². The average Bonchev–Trinajstić information content (AvgIpc) is 2.47. The Morgan fingerprint density at radius 1 is 1.30 bits per heavy atom. The highest BCUT2D eigenvalue weighted by atomic mass is 15.2. The maximum atomic E-state index is 4.57. The lowest BCUT2D eigenvalue weighted by Crippen LogP contribution is -2.39. The molecule has 0 saturated carbocycles. The second-order valence-electron chi connectivity index (χ2n) is 6.24. The Balaban J connectivity index is 1.69. The van der Waals surface area contributed by atoms with E-state index in [4.69, 9.17) is 0 Å². The van der Waals surface area contributed by atoms with Crippen LogP contribution in [0, 0.1) is 5.92 Å². The fraction of sp³-hybridized carbons (Fsp3) is 0.733. The summed E-state index contributed by atoms with van der Waals surface area (Å²) in [7, 11) is 4.33. The van der Waals surface area contributed by atoms with Gasteiger partial charge in [0.2, 0.25) is 0 Å². The molecule has 3 heterocycles. The first-order valence-electron chi connectivity index (χ1n) is 7.67. The summed E-state index contributed by atoms with van der Waals surface area (Å²) in [6, 6.07) is 0. The molecule has 0 amide bonds. The van der Waals surface area contributed by atoms with E-state index in [0.717, 1.165) is 38.5 Å². The minimum absolute atomic E-state index is 0.831. The van der Waals surface area contributed by atoms with Gasteiger partial charge in [0.15, 0.2) is 0 Å². The summed E-state index contributed by atoms with van der Waals surface area (Å²) in [6.45, 7) is 5.42. The highest BCUT2D eigenvalue weighted by Crippen LogP contribution is 2.27. The van der Waals surface area contributed by atoms with Gasteiger partial charge in [0.05, 0.1) is 5.69 Å². The van der Waals surface area contributed by atoms with Gasteiger partial charge < -0.3 is 15.1 Å². The van der Waals surface area contributed by atoms with Crippen LogP contribution in [0.2, 0.25) is 0 Å². The molecule has 1 aromatic heterocycles. The first-order valence-corrected chi connectivity index (χ1v) is 7.67. The maximum Gasteiger partial charge on any atom is 0.136 e. The van der Waals surface area contributed by atoms with Crippen molar-refractivity contribution in [3.63, 3.8) is 0 Å². The van der Waals surface area contributed by atoms with Gasteiger partial charge in [-0.15, -0.1) is 0 Å². The quantitative estimate of drug-likeness (QED) is 0.888. The molecule has 0 bridgehead atoms. The predicted molar refractivity (Wildman–Crippen MR) is 80.9 cm³/mol. The number of piperidine rings is 1. The van der Waals surface area contributed by atoms with Crippen LogP contribution in [-0.4, -0.2) is 55.1 Å². The summed E-state index contributed by atoms with van der Waals surface area (Å²) in [5, 5.41) is 3.44. The van der Waals surface area contributed by atoms with Crippen LogP contribution in [0.5, 0.6) is 0 Å². The van der Waals surface area contributed by atoms with Crippen molar-refractivity contribution < 1.29 is 0 Å². The Bertz CT molecular complexity index is 452. The Hall–Kier alpha value is -1.20. The standard InChI is InChI=1S/C15H25N5/c1-19(2)10-12-4-7-20(8-5-12)15-13-9-16-6-3-14(13)17-11-18-15/h11-12,16H,3-10H2,1-2H3. The molecule has 2 aliphatic heterocycles. The van der Waals surface area contributed by atoms with Gasteiger partial charge >= 0.3 is 0 Å². The molecule has 0 aromatic carbocycles. The van der Waals surface area contributed by atoms with Crippen molar-refractivity contribution in [1.29, 1.82) is 0 Å². The lowest BCUT2D eigenvalue weighted by molar-refractivity contribution is 0.284. The van der Waals surface area contributed by atoms with Gasteiger partial charge in [-0.3, -0.25) is 0 Å². The van der Waals surface area contributed by atoms with Gasteiger partial charge in [0.1, 0.15) is 12.1 Å². The monoisotopic (exact) mass is 275 g/mol. The lowest BCUT2D eigenvalue weighted by Gasteiger charge is -2.35. The van der Waals surface area contributed by atoms with Crippen LogP contribution in [0.25, 0.3) is 0 Å². The fourth-order valence-corrected chi connectivity index (χ4v) is 3.37. The Kier molecular flexibility index (Phi) is 4.17. The summed E-state index contributed by atoms with van der Waals surface area (Å²) >= 11 is 0. The Morgan fingerprint density at radius 3 is 2.85 bits per heavy atom. The molecule has 0 radical (unpaired) electrons. The van der Waals surface area contributed by atoms with Crippen molar-refractivity contribution >= 4 is 5.82 Å². The molecule has 3 rings (SSSR count). The summed E-state index contributed by atoms with van der Waals surface area (Å²) in [5.41, 5.74) is 2.56. The zero-order chi connectivity index (χ0) is 13.9. The van der Waals surface area contributed by atoms with Crippen LogP contribution in [0.1, 0.15) is 24.1 Å². The molecular formula is C15H25N5. The zero-order valence-corrected chi connectivity index (χ0v) is 12.6. The van der Waals surface area contributed by atoms with Gasteiger partial charge in [0, 0.05) is 44.7 Å². The fourth-order valence-electron chi connectivity index (χ4n) is 3.37. The van der Waals surface area contributed by atoms with E-state index in [1.807, 2.05) is 0 Å². The van der Waals surface area contributed by atoms with Crippen LogP contribution in [0.4, 0.5) is 5.82 Å². The summed E-state index contributed by atoms with van der Waals surface area (Å²) in [6.07, 6.45) is 5.31. The summed E-state index contributed by atoms with van der Waals surface area (Å²) in [4.78, 5) is 13.8. The van der Waals surface area contributed by atoms with E-state index in [9.17, 15) is 0 Å². The minimum atomic E-state index is 0.831. The largest absolute Gasteiger partial charge is 0.356 e. The molecule has 2 aliphatic rings. The molecule has 0 spiro atoms. The number of hydrogen-bond acceptors (Lipinski definition) is 5. The van der Waals surface area contributed by atoms with Crippen molar-refractivity contribution in [2.45, 2.75) is 25.8 Å². The normalized spacial score (nSPS) is 20.2. The van der Waals surface area contributed by atoms with Gasteiger partial charge in [-0.2, -0.15) is 0 Å². The topological polar surface area (TPSA) is 44.3 Å². The van der Waals surface area contributed by atoms with Crippen LogP contribution in [0.3, 0.4) is 0 Å². The number of rotatable bonds is 3. The summed E-state index contributed by atoms with van der Waals surface area (Å²) in [5.74, 6) is 2.00. The van der Waals surface area contributed by atoms with E-state index < -0.39 is 0 Å². The molecule has 0 unspecified atom stereocenters. The zero-order valence-electron chi connectivity index (χ0n) is 12.6.